The average Bonchev–Trinajstić information content (AvgIpc) is 2.87. The van der Waals surface area contributed by atoms with Crippen molar-refractivity contribution in [2.75, 3.05) is 20.1 Å². The van der Waals surface area contributed by atoms with E-state index in [4.69, 9.17) is 0 Å². The van der Waals surface area contributed by atoms with Gasteiger partial charge in [-0.2, -0.15) is 8.70 Å². The molecule has 1 saturated heterocycles. The van der Waals surface area contributed by atoms with Crippen LogP contribution in [0, 0.1) is 15.9 Å². The van der Waals surface area contributed by atoms with E-state index in [0.717, 1.165) is 12.1 Å². The molecule has 7 nitrogen and oxygen atoms in total. The van der Waals surface area contributed by atoms with Gasteiger partial charge in [0.05, 0.1) is 9.82 Å². The Morgan fingerprint density at radius 3 is 2.70 bits per heavy atom. The van der Waals surface area contributed by atoms with Crippen LogP contribution in [0.3, 0.4) is 0 Å². The molecule has 1 fully saturated rings. The van der Waals surface area contributed by atoms with Gasteiger partial charge in [0, 0.05) is 31.3 Å². The summed E-state index contributed by atoms with van der Waals surface area (Å²) in [4.78, 5) is 9.36. The maximum absolute atomic E-state index is 13.5. The lowest BCUT2D eigenvalue weighted by Crippen LogP contribution is -2.33. The lowest BCUT2D eigenvalue weighted by atomic mass is 10.3. The van der Waals surface area contributed by atoms with Crippen LogP contribution in [0.1, 0.15) is 6.42 Å². The van der Waals surface area contributed by atoms with Crippen LogP contribution in [-0.2, 0) is 10.0 Å². The van der Waals surface area contributed by atoms with Crippen molar-refractivity contribution in [2.24, 2.45) is 0 Å². The fourth-order valence-corrected chi connectivity index (χ4v) is 3.64. The second kappa shape index (κ2) is 5.43. The Kier molecular flexibility index (Phi) is 4.02. The Balaban J connectivity index is 2.31. The highest BCUT2D eigenvalue weighted by atomic mass is 32.2. The summed E-state index contributed by atoms with van der Waals surface area (Å²) >= 11 is 0. The van der Waals surface area contributed by atoms with Gasteiger partial charge < -0.3 is 5.32 Å². The first-order valence-electron chi connectivity index (χ1n) is 5.97. The number of nitrogens with one attached hydrogen (secondary N) is 1. The zero-order chi connectivity index (χ0) is 14.9. The highest BCUT2D eigenvalue weighted by Crippen LogP contribution is 2.25. The fourth-order valence-electron chi connectivity index (χ4n) is 2.13. The molecule has 0 bridgehead atoms. The Bertz CT molecular complexity index is 635. The summed E-state index contributed by atoms with van der Waals surface area (Å²) in [7, 11) is -2.07. The lowest BCUT2D eigenvalue weighted by Gasteiger charge is -2.16. The number of likely N-dealkylation sites (N-methyl/N-ethyl adjacent to an activating group) is 1. The summed E-state index contributed by atoms with van der Waals surface area (Å²) in [6, 6.07) is 2.68. The Morgan fingerprint density at radius 1 is 1.50 bits per heavy atom. The number of nitro benzene ring substituents is 1. The monoisotopic (exact) mass is 303 g/mol. The van der Waals surface area contributed by atoms with Crippen LogP contribution in [0.25, 0.3) is 0 Å². The van der Waals surface area contributed by atoms with Crippen molar-refractivity contribution in [1.29, 1.82) is 0 Å². The van der Waals surface area contributed by atoms with Crippen molar-refractivity contribution < 1.29 is 17.7 Å². The van der Waals surface area contributed by atoms with Crippen LogP contribution < -0.4 is 5.32 Å². The molecule has 2 rings (SSSR count). The lowest BCUT2D eigenvalue weighted by molar-refractivity contribution is -0.387. The number of benzene rings is 1. The molecule has 0 spiro atoms. The van der Waals surface area contributed by atoms with Gasteiger partial charge in [0.2, 0.25) is 15.8 Å². The molecule has 1 heterocycles. The normalized spacial score (nSPS) is 20.2. The summed E-state index contributed by atoms with van der Waals surface area (Å²) in [6.07, 6.45) is 0.672. The Morgan fingerprint density at radius 2 is 2.20 bits per heavy atom. The van der Waals surface area contributed by atoms with E-state index in [0.29, 0.717) is 25.6 Å². The molecule has 110 valence electrons. The predicted molar refractivity (Wildman–Crippen MR) is 69.3 cm³/mol. The van der Waals surface area contributed by atoms with Crippen molar-refractivity contribution in [3.05, 3.63) is 34.1 Å². The number of halogens is 1. The van der Waals surface area contributed by atoms with E-state index in [1.165, 1.54) is 4.31 Å². The molecule has 1 aromatic rings. The van der Waals surface area contributed by atoms with Gasteiger partial charge in [-0.3, -0.25) is 10.1 Å². The standard InChI is InChI=1S/C11H14FN3O4S/c1-13-8-4-5-14(7-8)20(18,19)9-2-3-11(15(16)17)10(12)6-9/h2-3,6,8,13H,4-5,7H2,1H3. The van der Waals surface area contributed by atoms with Crippen LogP contribution >= 0.6 is 0 Å². The van der Waals surface area contributed by atoms with Crippen molar-refractivity contribution >= 4 is 15.7 Å². The largest absolute Gasteiger partial charge is 0.316 e. The van der Waals surface area contributed by atoms with E-state index in [9.17, 15) is 22.9 Å². The zero-order valence-corrected chi connectivity index (χ0v) is 11.6. The molecule has 0 amide bonds. The van der Waals surface area contributed by atoms with E-state index in [2.05, 4.69) is 5.32 Å². The first-order valence-corrected chi connectivity index (χ1v) is 7.41. The first kappa shape index (κ1) is 14.8. The fraction of sp³-hybridized carbons (Fsp3) is 0.455. The minimum Gasteiger partial charge on any atom is -0.316 e. The van der Waals surface area contributed by atoms with Crippen molar-refractivity contribution in [3.63, 3.8) is 0 Å². The van der Waals surface area contributed by atoms with E-state index in [1.807, 2.05) is 0 Å². The predicted octanol–water partition coefficient (Wildman–Crippen LogP) is 0.716. The van der Waals surface area contributed by atoms with E-state index in [-0.39, 0.29) is 10.9 Å². The maximum Gasteiger partial charge on any atom is 0.304 e. The highest BCUT2D eigenvalue weighted by molar-refractivity contribution is 7.89. The van der Waals surface area contributed by atoms with Crippen LogP contribution in [0.2, 0.25) is 0 Å². The number of nitrogens with zero attached hydrogens (tertiary/aromatic N) is 2. The van der Waals surface area contributed by atoms with Crippen molar-refractivity contribution in [3.8, 4) is 0 Å². The SMILES string of the molecule is CNC1CCN(S(=O)(=O)c2ccc([N+](=O)[O-])c(F)c2)C1. The van der Waals surface area contributed by atoms with Crippen LogP contribution in [-0.4, -0.2) is 43.8 Å². The molecule has 0 aliphatic carbocycles. The molecule has 0 saturated carbocycles. The van der Waals surface area contributed by atoms with Gasteiger partial charge in [0.25, 0.3) is 0 Å². The molecule has 1 unspecified atom stereocenters. The van der Waals surface area contributed by atoms with E-state index < -0.39 is 26.5 Å². The molecular formula is C11H14FN3O4S. The summed E-state index contributed by atoms with van der Waals surface area (Å²) < 4.78 is 39.4. The smallest absolute Gasteiger partial charge is 0.304 e. The number of hydrogen-bond donors (Lipinski definition) is 1. The highest BCUT2D eigenvalue weighted by Gasteiger charge is 2.32. The van der Waals surface area contributed by atoms with Crippen LogP contribution in [0.15, 0.2) is 23.1 Å². The molecule has 1 atom stereocenters. The average molecular weight is 303 g/mol. The number of sulfonamides is 1. The number of nitro groups is 1. The minimum absolute atomic E-state index is 0.0627. The van der Waals surface area contributed by atoms with Gasteiger partial charge in [-0.05, 0) is 19.5 Å². The zero-order valence-electron chi connectivity index (χ0n) is 10.7. The Hall–Kier alpha value is -1.58. The maximum atomic E-state index is 13.5. The van der Waals surface area contributed by atoms with Gasteiger partial charge in [0.15, 0.2) is 0 Å². The molecule has 1 aliphatic rings. The minimum atomic E-state index is -3.82. The summed E-state index contributed by atoms with van der Waals surface area (Å²) in [5, 5.41) is 13.5. The molecular weight excluding hydrogens is 289 g/mol. The summed E-state index contributed by atoms with van der Waals surface area (Å²) in [6.45, 7) is 0.643. The molecule has 20 heavy (non-hydrogen) atoms. The van der Waals surface area contributed by atoms with E-state index >= 15 is 0 Å². The molecule has 1 N–H and O–H groups in total. The summed E-state index contributed by atoms with van der Waals surface area (Å²) in [5.41, 5.74) is -0.738. The number of hydrogen-bond acceptors (Lipinski definition) is 5. The Labute approximate surface area is 115 Å². The van der Waals surface area contributed by atoms with Crippen molar-refractivity contribution in [1.82, 2.24) is 9.62 Å². The third-order valence-corrected chi connectivity index (χ3v) is 5.17. The van der Waals surface area contributed by atoms with Gasteiger partial charge >= 0.3 is 5.69 Å². The number of rotatable bonds is 4. The molecule has 1 aromatic carbocycles. The molecule has 0 radical (unpaired) electrons. The van der Waals surface area contributed by atoms with Crippen LogP contribution in [0.4, 0.5) is 10.1 Å². The second-order valence-corrected chi connectivity index (χ2v) is 6.45. The molecule has 0 aromatic heterocycles. The van der Waals surface area contributed by atoms with E-state index in [1.54, 1.807) is 7.05 Å². The van der Waals surface area contributed by atoms with Gasteiger partial charge in [-0.25, -0.2) is 8.42 Å². The third kappa shape index (κ3) is 2.65. The van der Waals surface area contributed by atoms with Crippen LogP contribution in [0.5, 0.6) is 0 Å². The van der Waals surface area contributed by atoms with Crippen molar-refractivity contribution in [2.45, 2.75) is 17.4 Å². The topological polar surface area (TPSA) is 92.6 Å². The molecule has 1 aliphatic heterocycles. The van der Waals surface area contributed by atoms with Gasteiger partial charge in [-0.1, -0.05) is 0 Å². The summed E-state index contributed by atoms with van der Waals surface area (Å²) in [5.74, 6) is -1.15. The second-order valence-electron chi connectivity index (χ2n) is 4.51. The van der Waals surface area contributed by atoms with Gasteiger partial charge in [0.1, 0.15) is 0 Å². The molecule has 9 heteroatoms. The first-order chi connectivity index (χ1) is 9.36. The third-order valence-electron chi connectivity index (χ3n) is 3.31. The van der Waals surface area contributed by atoms with Gasteiger partial charge in [-0.15, -0.1) is 0 Å². The quantitative estimate of drug-likeness (QED) is 0.653.